The summed E-state index contributed by atoms with van der Waals surface area (Å²) in [6, 6.07) is 7.48. The average molecular weight is 260 g/mol. The maximum atomic E-state index is 5.71. The fourth-order valence-electron chi connectivity index (χ4n) is 2.25. The molecule has 1 aliphatic rings. The highest BCUT2D eigenvalue weighted by atomic mass is 16.6. The van der Waals surface area contributed by atoms with E-state index < -0.39 is 0 Å². The number of aryl methyl sites for hydroxylation is 1. The lowest BCUT2D eigenvalue weighted by atomic mass is 10.0. The normalized spacial score (nSPS) is 15.3. The summed E-state index contributed by atoms with van der Waals surface area (Å²) in [5.41, 5.74) is 4.56. The molecule has 0 saturated carbocycles. The quantitative estimate of drug-likeness (QED) is 0.629. The van der Waals surface area contributed by atoms with Gasteiger partial charge in [0.2, 0.25) is 0 Å². The van der Waals surface area contributed by atoms with Gasteiger partial charge in [0.05, 0.1) is 11.7 Å². The van der Waals surface area contributed by atoms with Gasteiger partial charge in [-0.1, -0.05) is 12.1 Å². The number of ether oxygens (including phenoxy) is 2. The predicted molar refractivity (Wildman–Crippen MR) is 69.8 cm³/mol. The topological polar surface area (TPSA) is 74.3 Å². The molecule has 3 N–H and O–H groups in total. The summed E-state index contributed by atoms with van der Waals surface area (Å²) in [6.07, 6.45) is 1.88. The SMILES string of the molecule is Cn1ccc(C(NN)c2cccc3c2OCCO3)n1. The Morgan fingerprint density at radius 1 is 1.32 bits per heavy atom. The van der Waals surface area contributed by atoms with E-state index in [1.807, 2.05) is 37.5 Å². The van der Waals surface area contributed by atoms with Crippen LogP contribution in [0.25, 0.3) is 0 Å². The first-order chi connectivity index (χ1) is 9.29. The van der Waals surface area contributed by atoms with Gasteiger partial charge in [-0.15, -0.1) is 0 Å². The highest BCUT2D eigenvalue weighted by Crippen LogP contribution is 2.38. The zero-order valence-corrected chi connectivity index (χ0v) is 10.7. The molecule has 0 saturated heterocycles. The number of nitrogens with one attached hydrogen (secondary N) is 1. The Morgan fingerprint density at radius 2 is 2.16 bits per heavy atom. The van der Waals surface area contributed by atoms with Crippen LogP contribution >= 0.6 is 0 Å². The number of fused-ring (bicyclic) bond motifs is 1. The molecule has 6 heteroatoms. The molecule has 1 aliphatic heterocycles. The zero-order chi connectivity index (χ0) is 13.2. The number of hydrogen-bond acceptors (Lipinski definition) is 5. The molecule has 1 atom stereocenters. The molecule has 0 radical (unpaired) electrons. The van der Waals surface area contributed by atoms with Gasteiger partial charge in [0.1, 0.15) is 13.2 Å². The van der Waals surface area contributed by atoms with Crippen LogP contribution in [0, 0.1) is 0 Å². The van der Waals surface area contributed by atoms with E-state index in [1.54, 1.807) is 4.68 Å². The van der Waals surface area contributed by atoms with Crippen LogP contribution in [0.4, 0.5) is 0 Å². The van der Waals surface area contributed by atoms with E-state index in [2.05, 4.69) is 10.5 Å². The summed E-state index contributed by atoms with van der Waals surface area (Å²) in [7, 11) is 1.87. The van der Waals surface area contributed by atoms with Crippen molar-refractivity contribution in [2.75, 3.05) is 13.2 Å². The summed E-state index contributed by atoms with van der Waals surface area (Å²) < 4.78 is 13.0. The first-order valence-electron chi connectivity index (χ1n) is 6.14. The minimum absolute atomic E-state index is 0.224. The molecule has 0 fully saturated rings. The molecule has 0 spiro atoms. The van der Waals surface area contributed by atoms with Gasteiger partial charge in [-0.25, -0.2) is 5.43 Å². The van der Waals surface area contributed by atoms with Gasteiger partial charge in [0.15, 0.2) is 11.5 Å². The number of hydrogen-bond donors (Lipinski definition) is 2. The first-order valence-corrected chi connectivity index (χ1v) is 6.14. The number of para-hydroxylation sites is 1. The van der Waals surface area contributed by atoms with E-state index in [1.165, 1.54) is 0 Å². The van der Waals surface area contributed by atoms with E-state index >= 15 is 0 Å². The van der Waals surface area contributed by atoms with E-state index in [-0.39, 0.29) is 6.04 Å². The van der Waals surface area contributed by atoms with Gasteiger partial charge in [-0.2, -0.15) is 5.10 Å². The number of aromatic nitrogens is 2. The van der Waals surface area contributed by atoms with Gasteiger partial charge in [0.25, 0.3) is 0 Å². The van der Waals surface area contributed by atoms with Crippen LogP contribution in [0.3, 0.4) is 0 Å². The number of benzene rings is 1. The van der Waals surface area contributed by atoms with Crippen molar-refractivity contribution in [3.63, 3.8) is 0 Å². The third kappa shape index (κ3) is 2.16. The Morgan fingerprint density at radius 3 is 2.89 bits per heavy atom. The molecule has 19 heavy (non-hydrogen) atoms. The van der Waals surface area contributed by atoms with Gasteiger partial charge in [-0.05, 0) is 12.1 Å². The minimum atomic E-state index is -0.224. The standard InChI is InChI=1S/C13H16N4O2/c1-17-6-5-10(16-17)12(15-14)9-3-2-4-11-13(9)19-8-7-18-11/h2-6,12,15H,7-8,14H2,1H3. The van der Waals surface area contributed by atoms with E-state index in [0.29, 0.717) is 13.2 Å². The van der Waals surface area contributed by atoms with Gasteiger partial charge >= 0.3 is 0 Å². The maximum absolute atomic E-state index is 5.71. The number of hydrazine groups is 1. The summed E-state index contributed by atoms with van der Waals surface area (Å²) in [5, 5.41) is 4.38. The molecule has 2 heterocycles. The molecule has 100 valence electrons. The molecule has 0 bridgehead atoms. The molecule has 1 aromatic carbocycles. The van der Waals surface area contributed by atoms with Crippen LogP contribution in [-0.2, 0) is 7.05 Å². The Kier molecular flexibility index (Phi) is 3.10. The lowest BCUT2D eigenvalue weighted by Crippen LogP contribution is -2.30. The lowest BCUT2D eigenvalue weighted by Gasteiger charge is -2.24. The predicted octanol–water partition coefficient (Wildman–Crippen LogP) is 0.744. The second kappa shape index (κ2) is 4.91. The smallest absolute Gasteiger partial charge is 0.166 e. The van der Waals surface area contributed by atoms with Crippen molar-refractivity contribution in [2.24, 2.45) is 12.9 Å². The molecule has 1 aromatic heterocycles. The maximum Gasteiger partial charge on any atom is 0.166 e. The summed E-state index contributed by atoms with van der Waals surface area (Å²) in [6.45, 7) is 1.12. The van der Waals surface area contributed by atoms with Gasteiger partial charge < -0.3 is 9.47 Å². The van der Waals surface area contributed by atoms with Crippen molar-refractivity contribution in [1.82, 2.24) is 15.2 Å². The van der Waals surface area contributed by atoms with Crippen LogP contribution in [0.2, 0.25) is 0 Å². The second-order valence-corrected chi connectivity index (χ2v) is 4.39. The number of rotatable bonds is 3. The third-order valence-electron chi connectivity index (χ3n) is 3.10. The summed E-state index contributed by atoms with van der Waals surface area (Å²) >= 11 is 0. The van der Waals surface area contributed by atoms with Gasteiger partial charge in [-0.3, -0.25) is 10.5 Å². The van der Waals surface area contributed by atoms with E-state index in [9.17, 15) is 0 Å². The Labute approximate surface area is 111 Å². The fraction of sp³-hybridized carbons (Fsp3) is 0.308. The zero-order valence-electron chi connectivity index (χ0n) is 10.7. The third-order valence-corrected chi connectivity index (χ3v) is 3.10. The second-order valence-electron chi connectivity index (χ2n) is 4.39. The number of nitrogens with zero attached hydrogens (tertiary/aromatic N) is 2. The van der Waals surface area contributed by atoms with E-state index in [0.717, 1.165) is 22.8 Å². The van der Waals surface area contributed by atoms with Crippen LogP contribution in [0.5, 0.6) is 11.5 Å². The van der Waals surface area contributed by atoms with Crippen LogP contribution < -0.4 is 20.7 Å². The van der Waals surface area contributed by atoms with Crippen LogP contribution in [0.15, 0.2) is 30.5 Å². The fourth-order valence-corrected chi connectivity index (χ4v) is 2.25. The highest BCUT2D eigenvalue weighted by Gasteiger charge is 2.23. The van der Waals surface area contributed by atoms with Crippen molar-refractivity contribution in [2.45, 2.75) is 6.04 Å². The monoisotopic (exact) mass is 260 g/mol. The summed E-state index contributed by atoms with van der Waals surface area (Å²) in [5.74, 6) is 7.17. The van der Waals surface area contributed by atoms with E-state index in [4.69, 9.17) is 15.3 Å². The lowest BCUT2D eigenvalue weighted by molar-refractivity contribution is 0.169. The highest BCUT2D eigenvalue weighted by molar-refractivity contribution is 5.50. The Hall–Kier alpha value is -2.05. The molecule has 0 aliphatic carbocycles. The van der Waals surface area contributed by atoms with Crippen molar-refractivity contribution in [3.05, 3.63) is 41.7 Å². The van der Waals surface area contributed by atoms with Crippen LogP contribution in [-0.4, -0.2) is 23.0 Å². The summed E-state index contributed by atoms with van der Waals surface area (Å²) in [4.78, 5) is 0. The number of nitrogens with two attached hydrogens (primary N) is 1. The Bertz CT molecular complexity index is 582. The van der Waals surface area contributed by atoms with Crippen molar-refractivity contribution < 1.29 is 9.47 Å². The Balaban J connectivity index is 2.04. The molecule has 1 unspecified atom stereocenters. The molecule has 2 aromatic rings. The molecular weight excluding hydrogens is 244 g/mol. The molecular formula is C13H16N4O2. The van der Waals surface area contributed by atoms with Gasteiger partial charge in [0, 0.05) is 18.8 Å². The van der Waals surface area contributed by atoms with Crippen molar-refractivity contribution in [1.29, 1.82) is 0 Å². The van der Waals surface area contributed by atoms with Crippen LogP contribution in [0.1, 0.15) is 17.3 Å². The van der Waals surface area contributed by atoms with Crippen molar-refractivity contribution in [3.8, 4) is 11.5 Å². The minimum Gasteiger partial charge on any atom is -0.486 e. The molecule has 6 nitrogen and oxygen atoms in total. The molecule has 0 amide bonds. The first kappa shape index (κ1) is 12.0. The molecule has 3 rings (SSSR count). The van der Waals surface area contributed by atoms with Crippen molar-refractivity contribution >= 4 is 0 Å². The largest absolute Gasteiger partial charge is 0.486 e. The average Bonchev–Trinajstić information content (AvgIpc) is 2.86.